The number of Topliss-reactive ketones (excluding diaryl/α,β-unsaturated/α-hetero) is 1. The highest BCUT2D eigenvalue weighted by atomic mass is 79.9. The van der Waals surface area contributed by atoms with Crippen LogP contribution in [-0.2, 0) is 11.2 Å². The largest absolute Gasteiger partial charge is 0.497 e. The number of carbonyl (C=O) groups is 2. The van der Waals surface area contributed by atoms with Gasteiger partial charge in [-0.05, 0) is 75.3 Å². The molecule has 0 amide bonds. The van der Waals surface area contributed by atoms with Crippen LogP contribution >= 0.6 is 28.7 Å². The zero-order valence-corrected chi connectivity index (χ0v) is 21.3. The lowest BCUT2D eigenvalue weighted by Crippen LogP contribution is -2.42. The van der Waals surface area contributed by atoms with Crippen LogP contribution in [0.3, 0.4) is 0 Å². The van der Waals surface area contributed by atoms with Crippen LogP contribution in [0.1, 0.15) is 49.5 Å². The summed E-state index contributed by atoms with van der Waals surface area (Å²) in [5, 5.41) is 3.38. The van der Waals surface area contributed by atoms with Gasteiger partial charge in [0.1, 0.15) is 11.5 Å². The zero-order chi connectivity index (χ0) is 22.1. The first kappa shape index (κ1) is 27.2. The Labute approximate surface area is 200 Å². The van der Waals surface area contributed by atoms with Gasteiger partial charge in [0.05, 0.1) is 18.6 Å². The lowest BCUT2D eigenvalue weighted by molar-refractivity contribution is -0.132. The highest BCUT2D eigenvalue weighted by Crippen LogP contribution is 2.29. The molecule has 7 heteroatoms. The molecule has 0 spiro atoms. The molecule has 0 aliphatic heterocycles. The topological polar surface area (TPSA) is 64.6 Å². The van der Waals surface area contributed by atoms with Crippen molar-refractivity contribution in [3.63, 3.8) is 0 Å². The molecule has 0 bridgehead atoms. The maximum absolute atomic E-state index is 12.7. The van der Waals surface area contributed by atoms with Crippen LogP contribution in [-0.4, -0.2) is 37.2 Å². The first-order chi connectivity index (χ1) is 14.2. The summed E-state index contributed by atoms with van der Waals surface area (Å²) < 4.78 is 10.4. The van der Waals surface area contributed by atoms with Crippen LogP contribution in [0.5, 0.6) is 11.5 Å². The monoisotopic (exact) mass is 509 g/mol. The Hall–Kier alpha value is -1.83. The highest BCUT2D eigenvalue weighted by Gasteiger charge is 2.19. The minimum absolute atomic E-state index is 0. The van der Waals surface area contributed by atoms with E-state index in [0.717, 1.165) is 29.9 Å². The summed E-state index contributed by atoms with van der Waals surface area (Å²) >= 11 is 1.45. The fraction of sp³-hybridized carbons (Fsp3) is 0.417. The normalized spacial score (nSPS) is 10.9. The van der Waals surface area contributed by atoms with Crippen LogP contribution < -0.4 is 14.8 Å². The number of hydrogen-bond acceptors (Lipinski definition) is 6. The quantitative estimate of drug-likeness (QED) is 0.187. The van der Waals surface area contributed by atoms with E-state index in [0.29, 0.717) is 11.3 Å². The molecule has 0 radical (unpaired) electrons. The second-order valence-electron chi connectivity index (χ2n) is 7.82. The first-order valence-electron chi connectivity index (χ1n) is 10.0. The maximum Gasteiger partial charge on any atom is 0.308 e. The molecule has 0 aliphatic rings. The van der Waals surface area contributed by atoms with E-state index in [1.165, 1.54) is 24.2 Å². The van der Waals surface area contributed by atoms with Gasteiger partial charge >= 0.3 is 5.97 Å². The maximum atomic E-state index is 12.7. The van der Waals surface area contributed by atoms with Gasteiger partial charge in [0, 0.05) is 18.0 Å². The molecule has 0 aliphatic carbocycles. The van der Waals surface area contributed by atoms with E-state index in [4.69, 9.17) is 9.47 Å². The second kappa shape index (κ2) is 12.9. The first-order valence-corrected chi connectivity index (χ1v) is 11.2. The second-order valence-corrected chi connectivity index (χ2v) is 8.67. The average molecular weight is 510 g/mol. The Morgan fingerprint density at radius 1 is 1.10 bits per heavy atom. The Balaban J connectivity index is 0.00000480. The predicted molar refractivity (Wildman–Crippen MR) is 132 cm³/mol. The van der Waals surface area contributed by atoms with Crippen LogP contribution in [0, 0.1) is 0 Å². The van der Waals surface area contributed by atoms with E-state index >= 15 is 0 Å². The summed E-state index contributed by atoms with van der Waals surface area (Å²) in [7, 11) is 1.67. The smallest absolute Gasteiger partial charge is 0.308 e. The van der Waals surface area contributed by atoms with Crippen LogP contribution in [0.4, 0.5) is 0 Å². The number of benzene rings is 2. The number of nitrogens with one attached hydrogen (secondary N) is 1. The molecule has 0 fully saturated rings. The highest BCUT2D eigenvalue weighted by molar-refractivity contribution is 8.93. The van der Waals surface area contributed by atoms with Crippen molar-refractivity contribution >= 4 is 40.5 Å². The number of thioether (sulfide) groups is 1. The Bertz CT molecular complexity index is 868. The molecular weight excluding hydrogens is 478 g/mol. The molecule has 2 rings (SSSR count). The van der Waals surface area contributed by atoms with Crippen LogP contribution in [0.15, 0.2) is 47.4 Å². The fourth-order valence-corrected chi connectivity index (χ4v) is 3.67. The minimum atomic E-state index is -0.373. The lowest BCUT2D eigenvalue weighted by Gasteiger charge is -2.26. The van der Waals surface area contributed by atoms with Crippen molar-refractivity contribution in [3.8, 4) is 11.5 Å². The number of carbonyl (C=O) groups excluding carboxylic acids is 2. The SMILES string of the molecule is Br.COc1ccc(CCCC(C)(C)NCC(=O)c2ccc(OC(C)=O)c(SC)c2)cc1. The van der Waals surface area contributed by atoms with Gasteiger partial charge in [-0.3, -0.25) is 9.59 Å². The average Bonchev–Trinajstić information content (AvgIpc) is 2.72. The number of halogens is 1. The molecule has 0 heterocycles. The number of aryl methyl sites for hydroxylation is 1. The third kappa shape index (κ3) is 9.05. The van der Waals surface area contributed by atoms with Crippen molar-refractivity contribution in [3.05, 3.63) is 53.6 Å². The fourth-order valence-electron chi connectivity index (χ4n) is 3.12. The van der Waals surface area contributed by atoms with Gasteiger partial charge in [-0.25, -0.2) is 0 Å². The third-order valence-corrected chi connectivity index (χ3v) is 5.65. The molecule has 0 atom stereocenters. The molecule has 31 heavy (non-hydrogen) atoms. The predicted octanol–water partition coefficient (Wildman–Crippen LogP) is 5.49. The number of hydrogen-bond donors (Lipinski definition) is 1. The van der Waals surface area contributed by atoms with Crippen LogP contribution in [0.2, 0.25) is 0 Å². The molecule has 2 aromatic carbocycles. The van der Waals surface area contributed by atoms with Crippen molar-refractivity contribution in [2.75, 3.05) is 19.9 Å². The van der Waals surface area contributed by atoms with Gasteiger partial charge in [-0.15, -0.1) is 28.7 Å². The number of rotatable bonds is 11. The number of esters is 1. The van der Waals surface area contributed by atoms with Gasteiger partial charge in [0.25, 0.3) is 0 Å². The third-order valence-electron chi connectivity index (χ3n) is 4.89. The van der Waals surface area contributed by atoms with Crippen molar-refractivity contribution in [1.29, 1.82) is 0 Å². The summed E-state index contributed by atoms with van der Waals surface area (Å²) in [5.41, 5.74) is 1.74. The summed E-state index contributed by atoms with van der Waals surface area (Å²) in [6.45, 7) is 5.86. The summed E-state index contributed by atoms with van der Waals surface area (Å²) in [6.07, 6.45) is 4.85. The summed E-state index contributed by atoms with van der Waals surface area (Å²) in [6, 6.07) is 13.3. The molecular formula is C24H32BrNO4S. The van der Waals surface area contributed by atoms with E-state index < -0.39 is 0 Å². The van der Waals surface area contributed by atoms with Crippen molar-refractivity contribution in [2.45, 2.75) is 50.5 Å². The van der Waals surface area contributed by atoms with Crippen molar-refractivity contribution < 1.29 is 19.1 Å². The molecule has 0 unspecified atom stereocenters. The van der Waals surface area contributed by atoms with E-state index in [-0.39, 0.29) is 40.8 Å². The standard InChI is InChI=1S/C24H31NO4S.BrH/c1-17(26)29-22-13-10-19(15-23(22)30-5)21(27)16-25-24(2,3)14-6-7-18-8-11-20(28-4)12-9-18;/h8-13,15,25H,6-7,14,16H2,1-5H3;1H. The van der Waals surface area contributed by atoms with E-state index in [1.54, 1.807) is 25.3 Å². The van der Waals surface area contributed by atoms with Gasteiger partial charge < -0.3 is 14.8 Å². The number of methoxy groups -OCH3 is 1. The van der Waals surface area contributed by atoms with Gasteiger partial charge in [0.15, 0.2) is 5.78 Å². The van der Waals surface area contributed by atoms with E-state index in [9.17, 15) is 9.59 Å². The minimum Gasteiger partial charge on any atom is -0.497 e. The van der Waals surface area contributed by atoms with E-state index in [2.05, 4.69) is 31.3 Å². The molecule has 1 N–H and O–H groups in total. The summed E-state index contributed by atoms with van der Waals surface area (Å²) in [5.74, 6) is 0.994. The van der Waals surface area contributed by atoms with Gasteiger partial charge in [-0.2, -0.15) is 0 Å². The number of ketones is 1. The van der Waals surface area contributed by atoms with Gasteiger partial charge in [0.2, 0.25) is 0 Å². The van der Waals surface area contributed by atoms with Crippen molar-refractivity contribution in [2.24, 2.45) is 0 Å². The van der Waals surface area contributed by atoms with Gasteiger partial charge in [-0.1, -0.05) is 12.1 Å². The Morgan fingerprint density at radius 2 is 1.77 bits per heavy atom. The molecule has 0 saturated carbocycles. The summed E-state index contributed by atoms with van der Waals surface area (Å²) in [4.78, 5) is 24.6. The van der Waals surface area contributed by atoms with Crippen LogP contribution in [0.25, 0.3) is 0 Å². The molecule has 5 nitrogen and oxygen atoms in total. The van der Waals surface area contributed by atoms with E-state index in [1.807, 2.05) is 18.4 Å². The number of ether oxygens (including phenoxy) is 2. The molecule has 0 aromatic heterocycles. The molecule has 2 aromatic rings. The zero-order valence-electron chi connectivity index (χ0n) is 18.8. The van der Waals surface area contributed by atoms with Crippen molar-refractivity contribution in [1.82, 2.24) is 5.32 Å². The Morgan fingerprint density at radius 3 is 2.35 bits per heavy atom. The molecule has 0 saturated heterocycles. The Kier molecular flexibility index (Phi) is 11.3. The molecule has 170 valence electrons. The lowest BCUT2D eigenvalue weighted by atomic mass is 9.95.